The Bertz CT molecular complexity index is 966. The highest BCUT2D eigenvalue weighted by Crippen LogP contribution is 2.26. The Morgan fingerprint density at radius 1 is 1.03 bits per heavy atom. The van der Waals surface area contributed by atoms with Crippen LogP contribution >= 0.6 is 0 Å². The molecule has 0 aliphatic carbocycles. The van der Waals surface area contributed by atoms with Crippen molar-refractivity contribution >= 4 is 21.6 Å². The average molecular weight is 421 g/mol. The maximum absolute atomic E-state index is 14.2. The number of nitrogens with zero attached hydrogens (tertiary/aromatic N) is 1. The molecule has 0 bridgehead atoms. The van der Waals surface area contributed by atoms with Crippen LogP contribution in [0.15, 0.2) is 48.5 Å². The monoisotopic (exact) mass is 420 g/mol. The van der Waals surface area contributed by atoms with Gasteiger partial charge in [0.25, 0.3) is 0 Å². The van der Waals surface area contributed by atoms with Gasteiger partial charge in [0.2, 0.25) is 15.9 Å². The highest BCUT2D eigenvalue weighted by Gasteiger charge is 2.31. The molecular weight excluding hydrogens is 391 g/mol. The summed E-state index contributed by atoms with van der Waals surface area (Å²) in [6.45, 7) is 9.63. The van der Waals surface area contributed by atoms with Gasteiger partial charge in [-0.3, -0.25) is 9.10 Å². The Hall–Kier alpha value is -2.41. The zero-order valence-electron chi connectivity index (χ0n) is 17.7. The summed E-state index contributed by atoms with van der Waals surface area (Å²) in [4.78, 5) is 12.8. The lowest BCUT2D eigenvalue weighted by atomic mass is 9.86. The number of nitrogens with one attached hydrogen (secondary N) is 1. The molecule has 0 aliphatic rings. The number of hydrogen-bond acceptors (Lipinski definition) is 3. The standard InChI is InChI=1S/C22H29FN2O3S/c1-15(17-11-13-18(14-12-17)22(3,4)5)24-21(26)16(2)25(29(6,27)28)20-10-8-7-9-19(20)23/h7-16H,1-6H3,(H,24,26)/t15-,16+/m0/s1. The van der Waals surface area contributed by atoms with Crippen LogP contribution in [0.5, 0.6) is 0 Å². The van der Waals surface area contributed by atoms with Crippen LogP contribution < -0.4 is 9.62 Å². The molecule has 0 radical (unpaired) electrons. The van der Waals surface area contributed by atoms with E-state index in [1.165, 1.54) is 30.7 Å². The van der Waals surface area contributed by atoms with Gasteiger partial charge in [-0.05, 0) is 42.5 Å². The second kappa shape index (κ2) is 8.53. The third-order valence-corrected chi connectivity index (χ3v) is 6.04. The topological polar surface area (TPSA) is 66.5 Å². The highest BCUT2D eigenvalue weighted by molar-refractivity contribution is 7.92. The van der Waals surface area contributed by atoms with E-state index in [-0.39, 0.29) is 17.1 Å². The number of hydrogen-bond donors (Lipinski definition) is 1. The fraction of sp³-hybridized carbons (Fsp3) is 0.409. The van der Waals surface area contributed by atoms with Crippen molar-refractivity contribution in [3.63, 3.8) is 0 Å². The summed E-state index contributed by atoms with van der Waals surface area (Å²) >= 11 is 0. The van der Waals surface area contributed by atoms with Crippen LogP contribution in [0.4, 0.5) is 10.1 Å². The van der Waals surface area contributed by atoms with E-state index in [2.05, 4.69) is 26.1 Å². The third kappa shape index (κ3) is 5.56. The number of carbonyl (C=O) groups is 1. The first kappa shape index (κ1) is 22.9. The highest BCUT2D eigenvalue weighted by atomic mass is 32.2. The van der Waals surface area contributed by atoms with Crippen LogP contribution in [0.3, 0.4) is 0 Å². The van der Waals surface area contributed by atoms with Crippen LogP contribution in [0.2, 0.25) is 0 Å². The second-order valence-corrected chi connectivity index (χ2v) is 10.1. The Morgan fingerprint density at radius 3 is 2.07 bits per heavy atom. The normalized spacial score (nSPS) is 14.2. The lowest BCUT2D eigenvalue weighted by Gasteiger charge is -2.29. The Labute approximate surface area is 173 Å². The predicted molar refractivity (Wildman–Crippen MR) is 115 cm³/mol. The molecule has 1 N–H and O–H groups in total. The zero-order chi connectivity index (χ0) is 22.0. The summed E-state index contributed by atoms with van der Waals surface area (Å²) in [6, 6.07) is 12.0. The second-order valence-electron chi connectivity index (χ2n) is 8.29. The lowest BCUT2D eigenvalue weighted by Crippen LogP contribution is -2.48. The smallest absolute Gasteiger partial charge is 0.244 e. The molecule has 2 rings (SSSR count). The molecule has 29 heavy (non-hydrogen) atoms. The van der Waals surface area contributed by atoms with Gasteiger partial charge in [-0.25, -0.2) is 12.8 Å². The van der Waals surface area contributed by atoms with Crippen LogP contribution in [0.1, 0.15) is 51.8 Å². The van der Waals surface area contributed by atoms with E-state index in [0.29, 0.717) is 0 Å². The molecule has 2 aromatic carbocycles. The van der Waals surface area contributed by atoms with Gasteiger partial charge in [0.15, 0.2) is 0 Å². The summed E-state index contributed by atoms with van der Waals surface area (Å²) in [5.74, 6) is -1.21. The van der Waals surface area contributed by atoms with E-state index in [9.17, 15) is 17.6 Å². The van der Waals surface area contributed by atoms with Gasteiger partial charge >= 0.3 is 0 Å². The summed E-state index contributed by atoms with van der Waals surface area (Å²) in [6.07, 6.45) is 0.956. The van der Waals surface area contributed by atoms with Crippen molar-refractivity contribution in [2.75, 3.05) is 10.6 Å². The van der Waals surface area contributed by atoms with Crippen molar-refractivity contribution in [1.29, 1.82) is 0 Å². The molecule has 0 saturated carbocycles. The van der Waals surface area contributed by atoms with Crippen molar-refractivity contribution in [3.8, 4) is 0 Å². The molecule has 0 aromatic heterocycles. The van der Waals surface area contributed by atoms with Gasteiger partial charge in [-0.1, -0.05) is 57.2 Å². The minimum atomic E-state index is -3.87. The van der Waals surface area contributed by atoms with E-state index in [1.807, 2.05) is 31.2 Å². The first-order valence-electron chi connectivity index (χ1n) is 9.47. The lowest BCUT2D eigenvalue weighted by molar-refractivity contribution is -0.122. The first-order chi connectivity index (χ1) is 13.3. The molecule has 0 saturated heterocycles. The molecule has 1 amide bonds. The number of halogens is 1. The van der Waals surface area contributed by atoms with Crippen LogP contribution in [0.25, 0.3) is 0 Å². The van der Waals surface area contributed by atoms with Gasteiger partial charge in [-0.15, -0.1) is 0 Å². The maximum Gasteiger partial charge on any atom is 0.244 e. The molecule has 7 heteroatoms. The number of amides is 1. The van der Waals surface area contributed by atoms with Crippen LogP contribution in [-0.4, -0.2) is 26.6 Å². The molecule has 2 aromatic rings. The molecular formula is C22H29FN2O3S. The van der Waals surface area contributed by atoms with E-state index in [1.54, 1.807) is 0 Å². The summed E-state index contributed by atoms with van der Waals surface area (Å²) in [7, 11) is -3.87. The van der Waals surface area contributed by atoms with Crippen LogP contribution in [0, 0.1) is 5.82 Å². The Balaban J connectivity index is 2.22. The maximum atomic E-state index is 14.2. The number of para-hydroxylation sites is 1. The summed E-state index contributed by atoms with van der Waals surface area (Å²) in [5, 5.41) is 2.83. The number of benzene rings is 2. The largest absolute Gasteiger partial charge is 0.348 e. The number of sulfonamides is 1. The average Bonchev–Trinajstić information content (AvgIpc) is 2.61. The fourth-order valence-corrected chi connectivity index (χ4v) is 4.28. The summed E-state index contributed by atoms with van der Waals surface area (Å²) < 4.78 is 39.6. The summed E-state index contributed by atoms with van der Waals surface area (Å²) in [5.41, 5.74) is 1.95. The first-order valence-corrected chi connectivity index (χ1v) is 11.3. The molecule has 5 nitrogen and oxygen atoms in total. The SMILES string of the molecule is C[C@H](NC(=O)[C@@H](C)N(c1ccccc1F)S(C)(=O)=O)c1ccc(C(C)(C)C)cc1. The number of rotatable bonds is 6. The van der Waals surface area contributed by atoms with Crippen molar-refractivity contribution in [2.45, 2.75) is 52.1 Å². The quantitative estimate of drug-likeness (QED) is 0.763. The molecule has 0 spiro atoms. The van der Waals surface area contributed by atoms with E-state index in [0.717, 1.165) is 22.2 Å². The molecule has 0 heterocycles. The molecule has 158 valence electrons. The Kier molecular flexibility index (Phi) is 6.73. The molecule has 0 unspecified atom stereocenters. The third-order valence-electron chi connectivity index (χ3n) is 4.81. The minimum Gasteiger partial charge on any atom is -0.348 e. The van der Waals surface area contributed by atoms with E-state index >= 15 is 0 Å². The van der Waals surface area contributed by atoms with Crippen molar-refractivity contribution in [3.05, 3.63) is 65.5 Å². The van der Waals surface area contributed by atoms with Gasteiger partial charge in [0.1, 0.15) is 11.9 Å². The van der Waals surface area contributed by atoms with Gasteiger partial charge < -0.3 is 5.32 Å². The molecule has 0 aliphatic heterocycles. The minimum absolute atomic E-state index is 0.0231. The van der Waals surface area contributed by atoms with Crippen LogP contribution in [-0.2, 0) is 20.2 Å². The number of anilines is 1. The van der Waals surface area contributed by atoms with Crippen molar-refractivity contribution in [1.82, 2.24) is 5.32 Å². The molecule has 0 fully saturated rings. The van der Waals surface area contributed by atoms with Crippen molar-refractivity contribution < 1.29 is 17.6 Å². The fourth-order valence-electron chi connectivity index (χ4n) is 3.10. The number of carbonyl (C=O) groups excluding carboxylic acids is 1. The van der Waals surface area contributed by atoms with Gasteiger partial charge in [0.05, 0.1) is 18.0 Å². The predicted octanol–water partition coefficient (Wildman–Crippen LogP) is 4.16. The van der Waals surface area contributed by atoms with Gasteiger partial charge in [0, 0.05) is 0 Å². The zero-order valence-corrected chi connectivity index (χ0v) is 18.5. The van der Waals surface area contributed by atoms with E-state index in [4.69, 9.17) is 0 Å². The van der Waals surface area contributed by atoms with Crippen molar-refractivity contribution in [2.24, 2.45) is 0 Å². The van der Waals surface area contributed by atoms with E-state index < -0.39 is 27.8 Å². The Morgan fingerprint density at radius 2 is 1.59 bits per heavy atom. The molecule has 2 atom stereocenters. The van der Waals surface area contributed by atoms with Gasteiger partial charge in [-0.2, -0.15) is 0 Å².